The van der Waals surface area contributed by atoms with Gasteiger partial charge in [-0.2, -0.15) is 4.98 Å². The van der Waals surface area contributed by atoms with Crippen LogP contribution >= 0.6 is 0 Å². The molecule has 3 atom stereocenters. The number of halogens is 3. The highest BCUT2D eigenvalue weighted by Crippen LogP contribution is 2.41. The maximum absolute atomic E-state index is 16.9. The van der Waals surface area contributed by atoms with Gasteiger partial charge in [-0.3, -0.25) is 14.7 Å². The zero-order valence-electron chi connectivity index (χ0n) is 32.4. The van der Waals surface area contributed by atoms with Crippen LogP contribution in [0.3, 0.4) is 0 Å². The fourth-order valence-corrected chi connectivity index (χ4v) is 8.57. The van der Waals surface area contributed by atoms with E-state index in [0.29, 0.717) is 72.1 Å². The van der Waals surface area contributed by atoms with Gasteiger partial charge in [0.1, 0.15) is 46.5 Å². The van der Waals surface area contributed by atoms with Gasteiger partial charge in [0, 0.05) is 55.3 Å². The van der Waals surface area contributed by atoms with Crippen LogP contribution in [0.25, 0.3) is 32.9 Å². The van der Waals surface area contributed by atoms with Gasteiger partial charge in [-0.25, -0.2) is 22.5 Å². The van der Waals surface area contributed by atoms with Crippen LogP contribution in [0.1, 0.15) is 58.4 Å². The fourth-order valence-electron chi connectivity index (χ4n) is 8.57. The second kappa shape index (κ2) is 14.4. The molecule has 294 valence electrons. The number of pyridine rings is 1. The number of aryl methyl sites for hydroxylation is 1. The quantitative estimate of drug-likeness (QED) is 0.148. The Morgan fingerprint density at radius 2 is 1.89 bits per heavy atom. The number of carbonyl (C=O) groups is 2. The van der Waals surface area contributed by atoms with Crippen molar-refractivity contribution in [3.8, 4) is 17.3 Å². The van der Waals surface area contributed by atoms with Crippen LogP contribution in [0.5, 0.6) is 6.01 Å². The average molecular weight is 771 g/mol. The Balaban J connectivity index is 1.11. The van der Waals surface area contributed by atoms with Crippen LogP contribution in [-0.2, 0) is 9.53 Å². The highest BCUT2D eigenvalue weighted by molar-refractivity contribution is 6.00. The summed E-state index contributed by atoms with van der Waals surface area (Å²) in [6.45, 7) is 9.77. The molecule has 6 heterocycles. The predicted octanol–water partition coefficient (Wildman–Crippen LogP) is 6.90. The molecule has 8 rings (SSSR count). The maximum atomic E-state index is 16.9. The van der Waals surface area contributed by atoms with Crippen molar-refractivity contribution >= 4 is 45.2 Å². The molecule has 4 aliphatic heterocycles. The van der Waals surface area contributed by atoms with Gasteiger partial charge in [-0.05, 0) is 75.9 Å². The van der Waals surface area contributed by atoms with Gasteiger partial charge in [-0.1, -0.05) is 30.3 Å². The van der Waals surface area contributed by atoms with E-state index >= 15 is 4.39 Å². The first kappa shape index (κ1) is 37.8. The summed E-state index contributed by atoms with van der Waals surface area (Å²) >= 11 is 0. The van der Waals surface area contributed by atoms with Crippen LogP contribution in [0.2, 0.25) is 0 Å². The zero-order valence-corrected chi connectivity index (χ0v) is 32.4. The van der Waals surface area contributed by atoms with E-state index in [1.165, 1.54) is 18.3 Å². The number of hydrogen-bond donors (Lipinski definition) is 0. The summed E-state index contributed by atoms with van der Waals surface area (Å²) in [6.07, 6.45) is 6.81. The first-order valence-corrected chi connectivity index (χ1v) is 19.3. The van der Waals surface area contributed by atoms with E-state index in [1.54, 1.807) is 47.1 Å². The smallest absolute Gasteiger partial charge is 0.434 e. The third-order valence-corrected chi connectivity index (χ3v) is 11.7. The molecule has 0 N–H and O–H groups in total. The van der Waals surface area contributed by atoms with Crippen LogP contribution in [0, 0.1) is 18.6 Å². The average Bonchev–Trinajstić information content (AvgIpc) is 3.86. The molecular weight excluding hydrogens is 724 g/mol. The number of benzene rings is 2. The van der Waals surface area contributed by atoms with Gasteiger partial charge in [-0.15, -0.1) is 0 Å². The molecule has 0 radical (unpaired) electrons. The predicted molar refractivity (Wildman–Crippen MR) is 206 cm³/mol. The number of fused-ring (bicyclic) bond motifs is 3. The number of ether oxygens (including phenoxy) is 2. The lowest BCUT2D eigenvalue weighted by Gasteiger charge is -2.39. The minimum Gasteiger partial charge on any atom is -0.444 e. The summed E-state index contributed by atoms with van der Waals surface area (Å²) in [5.74, 6) is -0.864. The monoisotopic (exact) mass is 770 g/mol. The molecule has 14 heteroatoms. The van der Waals surface area contributed by atoms with Gasteiger partial charge in [0.25, 0.3) is 0 Å². The molecule has 11 nitrogen and oxygen atoms in total. The molecule has 2 aromatic heterocycles. The summed E-state index contributed by atoms with van der Waals surface area (Å²) in [4.78, 5) is 45.4. The third kappa shape index (κ3) is 6.96. The van der Waals surface area contributed by atoms with Crippen molar-refractivity contribution in [3.05, 3.63) is 65.9 Å². The summed E-state index contributed by atoms with van der Waals surface area (Å²) < 4.78 is 59.6. The molecule has 0 saturated carbocycles. The van der Waals surface area contributed by atoms with E-state index in [0.717, 1.165) is 31.5 Å². The number of aromatic nitrogens is 3. The minimum atomic E-state index is -0.945. The summed E-state index contributed by atoms with van der Waals surface area (Å²) in [7, 11) is 1.81. The second-order valence-electron chi connectivity index (χ2n) is 16.5. The van der Waals surface area contributed by atoms with Crippen molar-refractivity contribution in [3.63, 3.8) is 0 Å². The fraction of sp³-hybridized carbons (Fsp3) is 0.476. The normalized spacial score (nSPS) is 23.6. The molecular formula is C42H47F3N7O4+. The zero-order chi connectivity index (χ0) is 39.5. The maximum Gasteiger partial charge on any atom is 0.434 e. The Labute approximate surface area is 323 Å². The lowest BCUT2D eigenvalue weighted by Crippen LogP contribution is -2.51. The highest BCUT2D eigenvalue weighted by Gasteiger charge is 2.49. The molecule has 4 fully saturated rings. The molecule has 56 heavy (non-hydrogen) atoms. The topological polar surface area (TPSA) is 104 Å². The van der Waals surface area contributed by atoms with Gasteiger partial charge in [0.05, 0.1) is 25.2 Å². The number of hydrogen-bond acceptors (Lipinski definition) is 8. The molecule has 4 aromatic rings. The van der Waals surface area contributed by atoms with Crippen LogP contribution in [-0.4, -0.2) is 122 Å². The van der Waals surface area contributed by atoms with Gasteiger partial charge in [0.15, 0.2) is 5.82 Å². The van der Waals surface area contributed by atoms with Crippen molar-refractivity contribution in [1.29, 1.82) is 0 Å². The van der Waals surface area contributed by atoms with Crippen LogP contribution in [0.15, 0.2) is 48.7 Å². The summed E-state index contributed by atoms with van der Waals surface area (Å²) in [5, 5.41) is 1.65. The third-order valence-electron chi connectivity index (χ3n) is 11.7. The lowest BCUT2D eigenvalue weighted by atomic mass is 9.95. The Hall–Kier alpha value is -5.11. The van der Waals surface area contributed by atoms with E-state index < -0.39 is 29.2 Å². The number of nitrogens with zero attached hydrogens (tertiary/aromatic N) is 7. The first-order valence-electron chi connectivity index (χ1n) is 19.3. The SMILES string of the molecule is Cc1c(F)ccc2c(-c3ncc4c([N+](C)=C5CCN(C(=O)/C=C/[C@H]6CCN6C(=O)OC(C)(C)C)C5)nc(OC[C@@]56CCCN5C[C@H](F)C6)nc4c3F)cccc12. The highest BCUT2D eigenvalue weighted by atomic mass is 19.1. The Morgan fingerprint density at radius 3 is 2.66 bits per heavy atom. The molecule has 4 saturated heterocycles. The minimum absolute atomic E-state index is 0.00208. The van der Waals surface area contributed by atoms with E-state index in [9.17, 15) is 18.4 Å². The molecule has 2 aromatic carbocycles. The Morgan fingerprint density at radius 1 is 1.07 bits per heavy atom. The van der Waals surface area contributed by atoms with Crippen molar-refractivity contribution in [2.45, 2.75) is 83.2 Å². The van der Waals surface area contributed by atoms with Gasteiger partial charge in [0.2, 0.25) is 5.91 Å². The lowest BCUT2D eigenvalue weighted by molar-refractivity contribution is -0.409. The number of alkyl halides is 1. The standard InChI is InChI=1S/C42H47F3N7O4/c1-25-29-8-6-9-31(30(29)11-12-33(25)44)36-35(45)37-32(21-46-36)38(48-39(47-37)55-24-42-16-7-17-51(42)22-26(43)20-42)49(5)28-14-18-50(23-28)34(53)13-10-27-15-19-52(27)40(54)56-41(2,3)4/h6,8-13,21,26-27H,7,14-20,22-24H2,1-5H3/q+1/b13-10+,49-28?/t26-,27+,42+/m1/s1. The van der Waals surface area contributed by atoms with Gasteiger partial charge >= 0.3 is 17.9 Å². The van der Waals surface area contributed by atoms with Gasteiger partial charge < -0.3 is 19.3 Å². The van der Waals surface area contributed by atoms with Crippen LogP contribution < -0.4 is 4.74 Å². The van der Waals surface area contributed by atoms with Crippen LogP contribution in [0.4, 0.5) is 23.8 Å². The van der Waals surface area contributed by atoms with Crippen molar-refractivity contribution in [1.82, 2.24) is 29.7 Å². The van der Waals surface area contributed by atoms with E-state index in [-0.39, 0.29) is 41.6 Å². The second-order valence-corrected chi connectivity index (χ2v) is 16.5. The molecule has 0 bridgehead atoms. The molecule has 0 spiro atoms. The first-order chi connectivity index (χ1) is 26.7. The van der Waals surface area contributed by atoms with E-state index in [4.69, 9.17) is 14.5 Å². The number of likely N-dealkylation sites (tertiary alicyclic amines) is 2. The number of amides is 2. The Kier molecular flexibility index (Phi) is 9.74. The Bertz CT molecular complexity index is 2310. The van der Waals surface area contributed by atoms with Crippen molar-refractivity contribution in [2.24, 2.45) is 0 Å². The number of carbonyl (C=O) groups excluding carboxylic acids is 2. The summed E-state index contributed by atoms with van der Waals surface area (Å²) in [6, 6.07) is 8.03. The molecule has 0 unspecified atom stereocenters. The van der Waals surface area contributed by atoms with Crippen molar-refractivity contribution in [2.75, 3.05) is 46.4 Å². The van der Waals surface area contributed by atoms with Crippen molar-refractivity contribution < 1.29 is 36.8 Å². The van der Waals surface area contributed by atoms with E-state index in [2.05, 4.69) is 14.9 Å². The summed E-state index contributed by atoms with van der Waals surface area (Å²) in [5.41, 5.74) is 0.780. The molecule has 4 aliphatic rings. The molecule has 2 amide bonds. The number of rotatable bonds is 7. The van der Waals surface area contributed by atoms with E-state index in [1.807, 2.05) is 32.4 Å². The molecule has 0 aliphatic carbocycles. The largest absolute Gasteiger partial charge is 0.444 e.